The van der Waals surface area contributed by atoms with Gasteiger partial charge in [0.25, 0.3) is 11.8 Å². The maximum Gasteiger partial charge on any atom is 0.251 e. The number of nitrogens with one attached hydrogen (secondary N) is 2. The van der Waals surface area contributed by atoms with Crippen molar-refractivity contribution < 1.29 is 19.4 Å². The third-order valence-corrected chi connectivity index (χ3v) is 4.79. The van der Waals surface area contributed by atoms with Gasteiger partial charge in [0.15, 0.2) is 0 Å². The zero-order valence-corrected chi connectivity index (χ0v) is 16.9. The minimum absolute atomic E-state index is 0.0533. The topological polar surface area (TPSA) is 87.7 Å². The van der Waals surface area contributed by atoms with Crippen molar-refractivity contribution in [2.24, 2.45) is 0 Å². The zero-order chi connectivity index (χ0) is 21.3. The standard InChI is InChI=1S/C24H26N2O4/c1-17(21-11-5-7-18-6-2-3-10-22(18)21)26-24(29)20-9-4-8-19(16-20)23(28)25-12-14-30-15-13-27/h2-11,16-17,27H,12-15H2,1H3,(H,25,28)(H,26,29)/t17-/m1/s1. The molecule has 0 heterocycles. The quantitative estimate of drug-likeness (QED) is 0.477. The maximum atomic E-state index is 12.8. The molecule has 0 aromatic heterocycles. The molecule has 1 atom stereocenters. The molecule has 0 aliphatic heterocycles. The summed E-state index contributed by atoms with van der Waals surface area (Å²) in [7, 11) is 0. The molecule has 0 saturated heterocycles. The van der Waals surface area contributed by atoms with Crippen LogP contribution in [0.25, 0.3) is 10.8 Å². The Hall–Kier alpha value is -3.22. The Morgan fingerprint density at radius 3 is 2.43 bits per heavy atom. The van der Waals surface area contributed by atoms with E-state index in [1.54, 1.807) is 24.3 Å². The molecule has 0 aliphatic rings. The Morgan fingerprint density at radius 2 is 1.63 bits per heavy atom. The van der Waals surface area contributed by atoms with Crippen molar-refractivity contribution in [2.75, 3.05) is 26.4 Å². The van der Waals surface area contributed by atoms with Gasteiger partial charge in [0.05, 0.1) is 25.9 Å². The molecule has 3 rings (SSSR count). The second-order valence-electron chi connectivity index (χ2n) is 6.94. The molecule has 0 radical (unpaired) electrons. The van der Waals surface area contributed by atoms with Crippen molar-refractivity contribution in [1.29, 1.82) is 0 Å². The number of ether oxygens (including phenoxy) is 1. The van der Waals surface area contributed by atoms with Crippen molar-refractivity contribution in [3.05, 3.63) is 83.4 Å². The molecular weight excluding hydrogens is 380 g/mol. The second-order valence-corrected chi connectivity index (χ2v) is 6.94. The monoisotopic (exact) mass is 406 g/mol. The fourth-order valence-electron chi connectivity index (χ4n) is 3.29. The number of fused-ring (bicyclic) bond motifs is 1. The van der Waals surface area contributed by atoms with E-state index in [-0.39, 0.29) is 31.1 Å². The maximum absolute atomic E-state index is 12.8. The molecule has 0 unspecified atom stereocenters. The summed E-state index contributed by atoms with van der Waals surface area (Å²) in [5, 5.41) is 16.7. The van der Waals surface area contributed by atoms with E-state index < -0.39 is 0 Å². The average molecular weight is 406 g/mol. The van der Waals surface area contributed by atoms with Gasteiger partial charge >= 0.3 is 0 Å². The lowest BCUT2D eigenvalue weighted by molar-refractivity contribution is 0.0838. The molecule has 0 bridgehead atoms. The van der Waals surface area contributed by atoms with Crippen molar-refractivity contribution in [1.82, 2.24) is 10.6 Å². The third kappa shape index (κ3) is 5.43. The van der Waals surface area contributed by atoms with E-state index in [0.29, 0.717) is 24.3 Å². The summed E-state index contributed by atoms with van der Waals surface area (Å²) in [4.78, 5) is 25.1. The van der Waals surface area contributed by atoms with Crippen LogP contribution in [0.15, 0.2) is 66.7 Å². The molecule has 6 nitrogen and oxygen atoms in total. The molecule has 3 aromatic carbocycles. The van der Waals surface area contributed by atoms with E-state index in [1.807, 2.05) is 49.4 Å². The van der Waals surface area contributed by atoms with Crippen LogP contribution >= 0.6 is 0 Å². The van der Waals surface area contributed by atoms with Gasteiger partial charge in [0.1, 0.15) is 0 Å². The summed E-state index contributed by atoms with van der Waals surface area (Å²) in [5.41, 5.74) is 1.87. The van der Waals surface area contributed by atoms with Crippen molar-refractivity contribution in [3.8, 4) is 0 Å². The predicted molar refractivity (Wildman–Crippen MR) is 117 cm³/mol. The van der Waals surface area contributed by atoms with Crippen LogP contribution in [0.3, 0.4) is 0 Å². The highest BCUT2D eigenvalue weighted by molar-refractivity contribution is 6.00. The molecule has 30 heavy (non-hydrogen) atoms. The lowest BCUT2D eigenvalue weighted by Crippen LogP contribution is -2.29. The highest BCUT2D eigenvalue weighted by atomic mass is 16.5. The van der Waals surface area contributed by atoms with E-state index >= 15 is 0 Å². The number of hydrogen-bond donors (Lipinski definition) is 3. The van der Waals surface area contributed by atoms with Crippen LogP contribution in [0.5, 0.6) is 0 Å². The van der Waals surface area contributed by atoms with E-state index in [2.05, 4.69) is 10.6 Å². The van der Waals surface area contributed by atoms with Gasteiger partial charge in [-0.05, 0) is 41.5 Å². The number of aliphatic hydroxyl groups is 1. The molecule has 0 spiro atoms. The van der Waals surface area contributed by atoms with E-state index in [1.165, 1.54) is 0 Å². The highest BCUT2D eigenvalue weighted by Crippen LogP contribution is 2.24. The molecule has 0 fully saturated rings. The Kier molecular flexibility index (Phi) is 7.54. The molecular formula is C24H26N2O4. The van der Waals surface area contributed by atoms with Gasteiger partial charge in [-0.25, -0.2) is 0 Å². The molecule has 6 heteroatoms. The molecule has 0 saturated carbocycles. The average Bonchev–Trinajstić information content (AvgIpc) is 2.78. The lowest BCUT2D eigenvalue weighted by atomic mass is 9.99. The predicted octanol–water partition coefficient (Wildman–Crippen LogP) is 3.07. The van der Waals surface area contributed by atoms with Gasteiger partial charge in [0.2, 0.25) is 0 Å². The van der Waals surface area contributed by atoms with Gasteiger partial charge in [-0.2, -0.15) is 0 Å². The molecule has 156 valence electrons. The van der Waals surface area contributed by atoms with Crippen molar-refractivity contribution in [2.45, 2.75) is 13.0 Å². The van der Waals surface area contributed by atoms with Crippen molar-refractivity contribution in [3.63, 3.8) is 0 Å². The smallest absolute Gasteiger partial charge is 0.251 e. The van der Waals surface area contributed by atoms with Gasteiger partial charge in [-0.1, -0.05) is 48.5 Å². The van der Waals surface area contributed by atoms with Gasteiger partial charge in [-0.3, -0.25) is 9.59 Å². The minimum Gasteiger partial charge on any atom is -0.394 e. The van der Waals surface area contributed by atoms with Gasteiger partial charge in [0, 0.05) is 17.7 Å². The van der Waals surface area contributed by atoms with E-state index in [4.69, 9.17) is 9.84 Å². The van der Waals surface area contributed by atoms with Crippen LogP contribution in [0.1, 0.15) is 39.2 Å². The fraction of sp³-hybridized carbons (Fsp3) is 0.250. The first kappa shape index (κ1) is 21.5. The van der Waals surface area contributed by atoms with Crippen LogP contribution in [0.2, 0.25) is 0 Å². The summed E-state index contributed by atoms with van der Waals surface area (Å²) in [6.45, 7) is 2.77. The summed E-state index contributed by atoms with van der Waals surface area (Å²) in [6, 6.07) is 20.5. The first-order valence-corrected chi connectivity index (χ1v) is 9.95. The SMILES string of the molecule is C[C@@H](NC(=O)c1cccc(C(=O)NCCOCCO)c1)c1cccc2ccccc12. The molecule has 0 aliphatic carbocycles. The fourth-order valence-corrected chi connectivity index (χ4v) is 3.29. The number of hydrogen-bond acceptors (Lipinski definition) is 4. The number of benzene rings is 3. The minimum atomic E-state index is -0.278. The first-order valence-electron chi connectivity index (χ1n) is 9.95. The normalized spacial score (nSPS) is 11.8. The first-order chi connectivity index (χ1) is 14.6. The Morgan fingerprint density at radius 1 is 0.933 bits per heavy atom. The third-order valence-electron chi connectivity index (χ3n) is 4.79. The van der Waals surface area contributed by atoms with E-state index in [9.17, 15) is 9.59 Å². The van der Waals surface area contributed by atoms with Gasteiger partial charge < -0.3 is 20.5 Å². The lowest BCUT2D eigenvalue weighted by Gasteiger charge is -2.17. The summed E-state index contributed by atoms with van der Waals surface area (Å²) < 4.78 is 5.12. The molecule has 2 amide bonds. The number of carbonyl (C=O) groups is 2. The van der Waals surface area contributed by atoms with Crippen LogP contribution in [0, 0.1) is 0 Å². The summed E-state index contributed by atoms with van der Waals surface area (Å²) >= 11 is 0. The Labute approximate surface area is 175 Å². The van der Waals surface area contributed by atoms with E-state index in [0.717, 1.165) is 16.3 Å². The molecule has 3 N–H and O–H groups in total. The Bertz CT molecular complexity index is 1010. The number of carbonyl (C=O) groups excluding carboxylic acids is 2. The summed E-state index contributed by atoms with van der Waals surface area (Å²) in [6.07, 6.45) is 0. The van der Waals surface area contributed by atoms with Crippen LogP contribution < -0.4 is 10.6 Å². The zero-order valence-electron chi connectivity index (χ0n) is 16.9. The summed E-state index contributed by atoms with van der Waals surface area (Å²) in [5.74, 6) is -0.518. The Balaban J connectivity index is 1.65. The number of aliphatic hydroxyl groups excluding tert-OH is 1. The largest absolute Gasteiger partial charge is 0.394 e. The van der Waals surface area contributed by atoms with Gasteiger partial charge in [-0.15, -0.1) is 0 Å². The second kappa shape index (κ2) is 10.5. The number of amides is 2. The number of rotatable bonds is 9. The van der Waals surface area contributed by atoms with Crippen LogP contribution in [-0.4, -0.2) is 43.3 Å². The van der Waals surface area contributed by atoms with Crippen LogP contribution in [-0.2, 0) is 4.74 Å². The van der Waals surface area contributed by atoms with Crippen molar-refractivity contribution >= 4 is 22.6 Å². The highest BCUT2D eigenvalue weighted by Gasteiger charge is 2.15. The molecule has 3 aromatic rings. The van der Waals surface area contributed by atoms with Crippen LogP contribution in [0.4, 0.5) is 0 Å².